The third kappa shape index (κ3) is 2.45. The lowest BCUT2D eigenvalue weighted by molar-refractivity contribution is 0.0471. The molecular weight excluding hydrogens is 318 g/mol. The van der Waals surface area contributed by atoms with E-state index >= 15 is 0 Å². The van der Waals surface area contributed by atoms with Crippen molar-refractivity contribution in [3.63, 3.8) is 0 Å². The summed E-state index contributed by atoms with van der Waals surface area (Å²) >= 11 is 0. The van der Waals surface area contributed by atoms with Gasteiger partial charge in [0.1, 0.15) is 12.4 Å². The quantitative estimate of drug-likeness (QED) is 0.533. The van der Waals surface area contributed by atoms with Crippen molar-refractivity contribution in [3.05, 3.63) is 76.2 Å². The van der Waals surface area contributed by atoms with Gasteiger partial charge in [-0.2, -0.15) is 0 Å². The van der Waals surface area contributed by atoms with E-state index in [2.05, 4.69) is 5.16 Å². The molecule has 1 aliphatic carbocycles. The lowest BCUT2D eigenvalue weighted by Crippen LogP contribution is -2.07. The number of fused-ring (bicyclic) bond motifs is 3. The second-order valence-electron chi connectivity index (χ2n) is 6.01. The van der Waals surface area contributed by atoms with Gasteiger partial charge in [-0.3, -0.25) is 4.79 Å². The van der Waals surface area contributed by atoms with Gasteiger partial charge in [0.05, 0.1) is 16.8 Å². The molecular formula is C20H15NO4. The van der Waals surface area contributed by atoms with Crippen LogP contribution in [0.3, 0.4) is 0 Å². The van der Waals surface area contributed by atoms with E-state index in [9.17, 15) is 9.59 Å². The lowest BCUT2D eigenvalue weighted by Gasteiger charge is -2.06. The van der Waals surface area contributed by atoms with Crippen LogP contribution < -0.4 is 0 Å². The van der Waals surface area contributed by atoms with Crippen LogP contribution in [-0.2, 0) is 11.3 Å². The molecule has 0 saturated heterocycles. The number of ether oxygens (including phenoxy) is 1. The number of aromatic nitrogens is 1. The van der Waals surface area contributed by atoms with Gasteiger partial charge < -0.3 is 9.26 Å². The Morgan fingerprint density at radius 1 is 1.04 bits per heavy atom. The first-order valence-electron chi connectivity index (χ1n) is 7.93. The monoisotopic (exact) mass is 333 g/mol. The molecule has 0 unspecified atom stereocenters. The van der Waals surface area contributed by atoms with Gasteiger partial charge in [-0.15, -0.1) is 0 Å². The Labute approximate surface area is 144 Å². The fraction of sp³-hybridized carbons (Fsp3) is 0.150. The summed E-state index contributed by atoms with van der Waals surface area (Å²) in [6, 6.07) is 12.5. The van der Waals surface area contributed by atoms with Crippen LogP contribution >= 0.6 is 0 Å². The first-order valence-corrected chi connectivity index (χ1v) is 7.93. The molecule has 0 radical (unpaired) electrons. The number of carbonyl (C=O) groups is 2. The maximum Gasteiger partial charge on any atom is 0.338 e. The molecule has 0 aliphatic heterocycles. The first kappa shape index (κ1) is 15.3. The summed E-state index contributed by atoms with van der Waals surface area (Å²) in [4.78, 5) is 24.9. The highest BCUT2D eigenvalue weighted by molar-refractivity contribution is 6.22. The minimum absolute atomic E-state index is 0.0639. The average Bonchev–Trinajstić information content (AvgIpc) is 3.10. The molecule has 0 atom stereocenters. The summed E-state index contributed by atoms with van der Waals surface area (Å²) in [5, 5.41) is 3.84. The van der Waals surface area contributed by atoms with Gasteiger partial charge in [0.2, 0.25) is 0 Å². The van der Waals surface area contributed by atoms with Gasteiger partial charge in [-0.25, -0.2) is 4.79 Å². The van der Waals surface area contributed by atoms with Gasteiger partial charge in [-0.05, 0) is 37.1 Å². The first-order chi connectivity index (χ1) is 12.1. The van der Waals surface area contributed by atoms with Crippen molar-refractivity contribution < 1.29 is 18.8 Å². The third-order valence-corrected chi connectivity index (χ3v) is 4.49. The lowest BCUT2D eigenvalue weighted by atomic mass is 10.0. The van der Waals surface area contributed by atoms with Crippen LogP contribution in [0.1, 0.15) is 43.3 Å². The molecule has 5 nitrogen and oxygen atoms in total. The number of rotatable bonds is 3. The number of esters is 1. The zero-order valence-electron chi connectivity index (χ0n) is 13.8. The Balaban J connectivity index is 1.59. The Kier molecular flexibility index (Phi) is 3.50. The molecule has 5 heteroatoms. The predicted octanol–water partition coefficient (Wildman–Crippen LogP) is 3.86. The predicted molar refractivity (Wildman–Crippen MR) is 90.4 cm³/mol. The molecule has 0 fully saturated rings. The van der Waals surface area contributed by atoms with Crippen molar-refractivity contribution in [2.45, 2.75) is 20.5 Å². The van der Waals surface area contributed by atoms with Gasteiger partial charge in [0.25, 0.3) is 0 Å². The second kappa shape index (κ2) is 5.70. The van der Waals surface area contributed by atoms with Gasteiger partial charge in [0.15, 0.2) is 5.78 Å². The smallest absolute Gasteiger partial charge is 0.338 e. The van der Waals surface area contributed by atoms with E-state index < -0.39 is 5.97 Å². The fourth-order valence-corrected chi connectivity index (χ4v) is 3.08. The average molecular weight is 333 g/mol. The summed E-state index contributed by atoms with van der Waals surface area (Å²) in [5.74, 6) is 0.0856. The highest BCUT2D eigenvalue weighted by Gasteiger charge is 2.27. The Hall–Kier alpha value is -3.21. The number of benzene rings is 2. The van der Waals surface area contributed by atoms with Crippen molar-refractivity contribution in [2.75, 3.05) is 0 Å². The normalized spacial score (nSPS) is 12.0. The van der Waals surface area contributed by atoms with Crippen molar-refractivity contribution >= 4 is 11.8 Å². The summed E-state index contributed by atoms with van der Waals surface area (Å²) in [5.41, 5.74) is 4.77. The van der Waals surface area contributed by atoms with E-state index in [4.69, 9.17) is 9.26 Å². The zero-order valence-corrected chi connectivity index (χ0v) is 13.8. The van der Waals surface area contributed by atoms with E-state index in [-0.39, 0.29) is 12.4 Å². The molecule has 124 valence electrons. The minimum Gasteiger partial charge on any atom is -0.457 e. The van der Waals surface area contributed by atoms with Crippen LogP contribution in [0.2, 0.25) is 0 Å². The molecule has 1 aromatic heterocycles. The van der Waals surface area contributed by atoms with Gasteiger partial charge in [-0.1, -0.05) is 35.5 Å². The molecule has 1 aliphatic rings. The summed E-state index contributed by atoms with van der Waals surface area (Å²) in [6.45, 7) is 3.66. The largest absolute Gasteiger partial charge is 0.457 e. The zero-order chi connectivity index (χ0) is 17.6. The second-order valence-corrected chi connectivity index (χ2v) is 6.01. The van der Waals surface area contributed by atoms with Crippen LogP contribution in [0, 0.1) is 13.8 Å². The molecule has 25 heavy (non-hydrogen) atoms. The van der Waals surface area contributed by atoms with Crippen LogP contribution in [0.5, 0.6) is 0 Å². The minimum atomic E-state index is -0.480. The van der Waals surface area contributed by atoms with E-state index in [1.54, 1.807) is 38.1 Å². The highest BCUT2D eigenvalue weighted by Crippen LogP contribution is 2.36. The number of hydrogen-bond acceptors (Lipinski definition) is 5. The van der Waals surface area contributed by atoms with Crippen LogP contribution in [0.15, 0.2) is 47.0 Å². The van der Waals surface area contributed by atoms with Crippen molar-refractivity contribution in [3.8, 4) is 11.1 Å². The van der Waals surface area contributed by atoms with Crippen LogP contribution in [0.25, 0.3) is 11.1 Å². The summed E-state index contributed by atoms with van der Waals surface area (Å²) < 4.78 is 10.4. The van der Waals surface area contributed by atoms with Crippen LogP contribution in [-0.4, -0.2) is 16.9 Å². The molecule has 0 saturated carbocycles. The molecule has 0 spiro atoms. The van der Waals surface area contributed by atoms with Crippen molar-refractivity contribution in [1.82, 2.24) is 5.16 Å². The maximum absolute atomic E-state index is 12.5. The molecule has 3 aromatic rings. The van der Waals surface area contributed by atoms with Gasteiger partial charge >= 0.3 is 5.97 Å². The van der Waals surface area contributed by atoms with Gasteiger partial charge in [0, 0.05) is 11.1 Å². The Morgan fingerprint density at radius 2 is 1.76 bits per heavy atom. The molecule has 2 aromatic carbocycles. The van der Waals surface area contributed by atoms with E-state index in [0.29, 0.717) is 28.1 Å². The SMILES string of the molecule is Cc1noc(C)c1COC(=O)c1ccc2c(c1)C(=O)c1ccccc1-2. The summed E-state index contributed by atoms with van der Waals surface area (Å²) in [6.07, 6.45) is 0. The Bertz CT molecular complexity index is 997. The van der Waals surface area contributed by atoms with Crippen LogP contribution in [0.4, 0.5) is 0 Å². The topological polar surface area (TPSA) is 69.4 Å². The number of ketones is 1. The third-order valence-electron chi connectivity index (χ3n) is 4.49. The number of hydrogen-bond donors (Lipinski definition) is 0. The molecule has 0 amide bonds. The van der Waals surface area contributed by atoms with E-state index in [1.807, 2.05) is 18.2 Å². The summed E-state index contributed by atoms with van der Waals surface area (Å²) in [7, 11) is 0. The number of carbonyl (C=O) groups excluding carboxylic acids is 2. The van der Waals surface area contributed by atoms with E-state index in [1.165, 1.54) is 0 Å². The molecule has 0 N–H and O–H groups in total. The molecule has 0 bridgehead atoms. The molecule has 1 heterocycles. The fourth-order valence-electron chi connectivity index (χ4n) is 3.08. The standard InChI is InChI=1S/C20H15NO4/c1-11-18(12(2)25-21-11)10-24-20(23)13-7-8-15-14-5-3-4-6-16(14)19(22)17(15)9-13/h3-9H,10H2,1-2H3. The van der Waals surface area contributed by atoms with E-state index in [0.717, 1.165) is 16.7 Å². The number of nitrogens with zero attached hydrogens (tertiary/aromatic N) is 1. The van der Waals surface area contributed by atoms with Crippen molar-refractivity contribution in [1.29, 1.82) is 0 Å². The number of aryl methyl sites for hydroxylation is 2. The van der Waals surface area contributed by atoms with Crippen molar-refractivity contribution in [2.24, 2.45) is 0 Å². The highest BCUT2D eigenvalue weighted by atomic mass is 16.5. The Morgan fingerprint density at radius 3 is 2.48 bits per heavy atom. The molecule has 4 rings (SSSR count). The maximum atomic E-state index is 12.5.